The Labute approximate surface area is 97.1 Å². The summed E-state index contributed by atoms with van der Waals surface area (Å²) in [6, 6.07) is -0.787. The minimum Gasteiger partial charge on any atom is -0.480 e. The van der Waals surface area contributed by atoms with Gasteiger partial charge in [-0.2, -0.15) is 4.37 Å². The Bertz CT molecular complexity index is 434. The molecule has 84 valence electrons. The fourth-order valence-corrected chi connectivity index (χ4v) is 1.97. The second-order valence-corrected chi connectivity index (χ2v) is 4.43. The van der Waals surface area contributed by atoms with E-state index in [-0.39, 0.29) is 6.42 Å². The molecule has 0 aromatic carbocycles. The number of aromatic nitrogens is 2. The van der Waals surface area contributed by atoms with E-state index >= 15 is 0 Å². The van der Waals surface area contributed by atoms with Crippen LogP contribution >= 0.6 is 11.5 Å². The fourth-order valence-electron chi connectivity index (χ4n) is 1.27. The zero-order valence-electron chi connectivity index (χ0n) is 8.51. The van der Waals surface area contributed by atoms with Crippen molar-refractivity contribution in [1.82, 2.24) is 9.36 Å². The summed E-state index contributed by atoms with van der Waals surface area (Å²) < 4.78 is 4.17. The number of hydrogen-bond donors (Lipinski definition) is 2. The number of rotatable bonds is 5. The van der Waals surface area contributed by atoms with Crippen LogP contribution in [0, 0.1) is 12.3 Å². The first-order valence-electron chi connectivity index (χ1n) is 4.97. The van der Waals surface area contributed by atoms with Gasteiger partial charge >= 0.3 is 5.97 Å². The van der Waals surface area contributed by atoms with Crippen LogP contribution in [-0.4, -0.2) is 26.5 Å². The Morgan fingerprint density at radius 1 is 1.75 bits per heavy atom. The average molecular weight is 237 g/mol. The highest BCUT2D eigenvalue weighted by atomic mass is 32.1. The summed E-state index contributed by atoms with van der Waals surface area (Å²) in [6.07, 6.45) is 7.49. The normalized spacial score (nSPS) is 16.4. The Hall–Kier alpha value is -1.61. The molecule has 6 heteroatoms. The molecule has 5 nitrogen and oxygen atoms in total. The maximum Gasteiger partial charge on any atom is 0.327 e. The van der Waals surface area contributed by atoms with Gasteiger partial charge in [-0.05, 0) is 12.8 Å². The third kappa shape index (κ3) is 2.49. The molecule has 0 amide bonds. The lowest BCUT2D eigenvalue weighted by atomic mass is 10.2. The third-order valence-electron chi connectivity index (χ3n) is 2.30. The molecule has 0 spiro atoms. The highest BCUT2D eigenvalue weighted by Gasteiger charge is 2.28. The average Bonchev–Trinajstić information content (AvgIpc) is 2.99. The smallest absolute Gasteiger partial charge is 0.327 e. The van der Waals surface area contributed by atoms with E-state index in [1.54, 1.807) is 0 Å². The lowest BCUT2D eigenvalue weighted by Crippen LogP contribution is -2.28. The molecular weight excluding hydrogens is 226 g/mol. The lowest BCUT2D eigenvalue weighted by molar-refractivity contribution is -0.137. The van der Waals surface area contributed by atoms with E-state index in [4.69, 9.17) is 11.5 Å². The first-order valence-corrected chi connectivity index (χ1v) is 5.74. The van der Waals surface area contributed by atoms with Gasteiger partial charge < -0.3 is 10.4 Å². The predicted molar refractivity (Wildman–Crippen MR) is 60.4 cm³/mol. The zero-order chi connectivity index (χ0) is 11.5. The van der Waals surface area contributed by atoms with Gasteiger partial charge in [-0.3, -0.25) is 0 Å². The molecule has 0 aliphatic heterocycles. The molecular formula is C10H11N3O2S. The van der Waals surface area contributed by atoms with E-state index in [0.717, 1.165) is 18.7 Å². The van der Waals surface area contributed by atoms with Crippen LogP contribution in [0.5, 0.6) is 0 Å². The Kier molecular flexibility index (Phi) is 3.06. The summed E-state index contributed by atoms with van der Waals surface area (Å²) in [6.45, 7) is 0. The van der Waals surface area contributed by atoms with Gasteiger partial charge in [0.2, 0.25) is 5.13 Å². The summed E-state index contributed by atoms with van der Waals surface area (Å²) in [5.41, 5.74) is 0. The lowest BCUT2D eigenvalue weighted by Gasteiger charge is -2.09. The number of anilines is 1. The van der Waals surface area contributed by atoms with Gasteiger partial charge in [0.25, 0.3) is 0 Å². The third-order valence-corrected chi connectivity index (χ3v) is 2.96. The molecule has 1 heterocycles. The molecule has 1 unspecified atom stereocenters. The van der Waals surface area contributed by atoms with Crippen LogP contribution in [0.4, 0.5) is 5.13 Å². The molecule has 2 rings (SSSR count). The predicted octanol–water partition coefficient (Wildman–Crippen LogP) is 1.30. The maximum absolute atomic E-state index is 10.8. The van der Waals surface area contributed by atoms with Crippen molar-refractivity contribution in [3.05, 3.63) is 5.82 Å². The minimum absolute atomic E-state index is 0.133. The number of aliphatic carboxylic acids is 1. The SMILES string of the molecule is C#CCC(Nc1nc(C2CC2)ns1)C(=O)O. The quantitative estimate of drug-likeness (QED) is 0.755. The highest BCUT2D eigenvalue weighted by molar-refractivity contribution is 7.09. The van der Waals surface area contributed by atoms with Crippen LogP contribution in [0.25, 0.3) is 0 Å². The number of terminal acetylenes is 1. The van der Waals surface area contributed by atoms with Gasteiger partial charge in [0.05, 0.1) is 0 Å². The van der Waals surface area contributed by atoms with Crippen LogP contribution < -0.4 is 5.32 Å². The van der Waals surface area contributed by atoms with Gasteiger partial charge in [-0.25, -0.2) is 9.78 Å². The number of hydrogen-bond acceptors (Lipinski definition) is 5. The molecule has 1 aliphatic rings. The van der Waals surface area contributed by atoms with E-state index in [9.17, 15) is 4.79 Å². The van der Waals surface area contributed by atoms with E-state index in [0.29, 0.717) is 11.0 Å². The van der Waals surface area contributed by atoms with Crippen molar-refractivity contribution in [2.45, 2.75) is 31.2 Å². The molecule has 1 aliphatic carbocycles. The second-order valence-electron chi connectivity index (χ2n) is 3.68. The second kappa shape index (κ2) is 4.49. The molecule has 1 fully saturated rings. The van der Waals surface area contributed by atoms with E-state index in [2.05, 4.69) is 20.6 Å². The first-order chi connectivity index (χ1) is 7.70. The van der Waals surface area contributed by atoms with Crippen molar-refractivity contribution in [3.63, 3.8) is 0 Å². The Balaban J connectivity index is 2.00. The first kappa shape index (κ1) is 10.9. The fraction of sp³-hybridized carbons (Fsp3) is 0.500. The van der Waals surface area contributed by atoms with Crippen molar-refractivity contribution < 1.29 is 9.90 Å². The van der Waals surface area contributed by atoms with Gasteiger partial charge in [-0.15, -0.1) is 12.3 Å². The number of nitrogens with zero attached hydrogens (tertiary/aromatic N) is 2. The number of carbonyl (C=O) groups is 1. The number of nitrogens with one attached hydrogen (secondary N) is 1. The highest BCUT2D eigenvalue weighted by Crippen LogP contribution is 2.39. The Morgan fingerprint density at radius 2 is 2.50 bits per heavy atom. The van der Waals surface area contributed by atoms with Crippen molar-refractivity contribution in [2.75, 3.05) is 5.32 Å². The molecule has 1 atom stereocenters. The monoisotopic (exact) mass is 237 g/mol. The number of carboxylic acid groups (broad SMARTS) is 1. The summed E-state index contributed by atoms with van der Waals surface area (Å²) in [4.78, 5) is 15.1. The zero-order valence-corrected chi connectivity index (χ0v) is 9.33. The summed E-state index contributed by atoms with van der Waals surface area (Å²) >= 11 is 1.19. The van der Waals surface area contributed by atoms with Crippen molar-refractivity contribution in [1.29, 1.82) is 0 Å². The largest absolute Gasteiger partial charge is 0.480 e. The molecule has 2 N–H and O–H groups in total. The summed E-state index contributed by atoms with van der Waals surface area (Å²) in [5.74, 6) is 2.64. The topological polar surface area (TPSA) is 75.1 Å². The van der Waals surface area contributed by atoms with E-state index < -0.39 is 12.0 Å². The maximum atomic E-state index is 10.8. The van der Waals surface area contributed by atoms with Gasteiger partial charge in [0.15, 0.2) is 0 Å². The summed E-state index contributed by atoms with van der Waals surface area (Å²) in [5, 5.41) is 12.2. The van der Waals surface area contributed by atoms with Gasteiger partial charge in [0, 0.05) is 23.9 Å². The van der Waals surface area contributed by atoms with Gasteiger partial charge in [0.1, 0.15) is 11.9 Å². The molecule has 0 bridgehead atoms. The molecule has 0 radical (unpaired) electrons. The summed E-state index contributed by atoms with van der Waals surface area (Å²) in [7, 11) is 0. The molecule has 1 aromatic rings. The van der Waals surface area contributed by atoms with Crippen molar-refractivity contribution in [2.24, 2.45) is 0 Å². The molecule has 0 saturated heterocycles. The van der Waals surface area contributed by atoms with Gasteiger partial charge in [-0.1, -0.05) is 0 Å². The standard InChI is InChI=1S/C10H11N3O2S/c1-2-3-7(9(14)15)11-10-12-8(13-16-10)6-4-5-6/h1,6-7H,3-5H2,(H,14,15)(H,11,12,13). The van der Waals surface area contributed by atoms with Crippen LogP contribution in [0.3, 0.4) is 0 Å². The number of carboxylic acids is 1. The van der Waals surface area contributed by atoms with Crippen molar-refractivity contribution >= 4 is 22.6 Å². The molecule has 1 saturated carbocycles. The van der Waals surface area contributed by atoms with Crippen LogP contribution in [0.1, 0.15) is 31.0 Å². The molecule has 1 aromatic heterocycles. The van der Waals surface area contributed by atoms with Crippen LogP contribution in [0.2, 0.25) is 0 Å². The van der Waals surface area contributed by atoms with Crippen LogP contribution in [0.15, 0.2) is 0 Å². The van der Waals surface area contributed by atoms with E-state index in [1.165, 1.54) is 11.5 Å². The van der Waals surface area contributed by atoms with E-state index in [1.807, 2.05) is 0 Å². The van der Waals surface area contributed by atoms with Crippen LogP contribution in [-0.2, 0) is 4.79 Å². The molecule has 16 heavy (non-hydrogen) atoms. The minimum atomic E-state index is -0.971. The Morgan fingerprint density at radius 3 is 3.06 bits per heavy atom. The van der Waals surface area contributed by atoms with Crippen molar-refractivity contribution in [3.8, 4) is 12.3 Å².